The Hall–Kier alpha value is -0.870. The van der Waals surface area contributed by atoms with Crippen LogP contribution in [0.2, 0.25) is 0 Å². The molecule has 118 valence electrons. The standard InChI is InChI=1S/C16H31NO3/c1-3-5-6-7-8-9-10-12-15(19)14(13-18)17-16(20)11-4-2/h10,12,14-15,18-19H,3-9,11,13H2,1-2H3,(H,17,20)/b12-10+. The number of allylic oxidation sites excluding steroid dienone is 1. The zero-order valence-corrected chi connectivity index (χ0v) is 13.0. The number of unbranched alkanes of at least 4 members (excludes halogenated alkanes) is 5. The number of amides is 1. The van der Waals surface area contributed by atoms with Gasteiger partial charge in [0.25, 0.3) is 0 Å². The summed E-state index contributed by atoms with van der Waals surface area (Å²) in [5, 5.41) is 21.8. The highest BCUT2D eigenvalue weighted by Gasteiger charge is 2.17. The summed E-state index contributed by atoms with van der Waals surface area (Å²) in [6.45, 7) is 3.86. The Bertz CT molecular complexity index is 266. The van der Waals surface area contributed by atoms with E-state index in [9.17, 15) is 15.0 Å². The third-order valence-electron chi connectivity index (χ3n) is 3.24. The van der Waals surface area contributed by atoms with Crippen LogP contribution in [0.4, 0.5) is 0 Å². The molecule has 0 aliphatic rings. The highest BCUT2D eigenvalue weighted by molar-refractivity contribution is 5.76. The molecule has 0 aromatic carbocycles. The van der Waals surface area contributed by atoms with E-state index in [-0.39, 0.29) is 12.5 Å². The van der Waals surface area contributed by atoms with Gasteiger partial charge in [0.1, 0.15) is 0 Å². The van der Waals surface area contributed by atoms with Crippen molar-refractivity contribution in [2.45, 2.75) is 77.4 Å². The van der Waals surface area contributed by atoms with E-state index in [0.29, 0.717) is 6.42 Å². The number of hydrogen-bond acceptors (Lipinski definition) is 3. The second-order valence-corrected chi connectivity index (χ2v) is 5.23. The Balaban J connectivity index is 3.89. The Morgan fingerprint density at radius 2 is 1.85 bits per heavy atom. The van der Waals surface area contributed by atoms with Crippen LogP contribution in [0.1, 0.15) is 65.2 Å². The minimum absolute atomic E-state index is 0.126. The van der Waals surface area contributed by atoms with Crippen molar-refractivity contribution in [3.05, 3.63) is 12.2 Å². The van der Waals surface area contributed by atoms with Crippen LogP contribution in [0.15, 0.2) is 12.2 Å². The lowest BCUT2D eigenvalue weighted by Crippen LogP contribution is -2.45. The smallest absolute Gasteiger partial charge is 0.220 e. The Labute approximate surface area is 123 Å². The molecular formula is C16H31NO3. The molecule has 0 aromatic heterocycles. The summed E-state index contributed by atoms with van der Waals surface area (Å²) in [7, 11) is 0. The predicted octanol–water partition coefficient (Wildman–Crippen LogP) is 2.54. The van der Waals surface area contributed by atoms with Gasteiger partial charge in [0, 0.05) is 6.42 Å². The van der Waals surface area contributed by atoms with Crippen LogP contribution in [0, 0.1) is 0 Å². The molecule has 0 heterocycles. The van der Waals surface area contributed by atoms with Crippen LogP contribution in [0.25, 0.3) is 0 Å². The average molecular weight is 285 g/mol. The lowest BCUT2D eigenvalue weighted by atomic mass is 10.1. The van der Waals surface area contributed by atoms with Gasteiger partial charge in [-0.15, -0.1) is 0 Å². The van der Waals surface area contributed by atoms with E-state index < -0.39 is 12.1 Å². The van der Waals surface area contributed by atoms with Gasteiger partial charge in [-0.05, 0) is 19.3 Å². The lowest BCUT2D eigenvalue weighted by molar-refractivity contribution is -0.122. The van der Waals surface area contributed by atoms with Crippen LogP contribution in [-0.4, -0.2) is 34.9 Å². The first-order valence-corrected chi connectivity index (χ1v) is 7.90. The fourth-order valence-corrected chi connectivity index (χ4v) is 1.98. The fourth-order valence-electron chi connectivity index (χ4n) is 1.98. The Morgan fingerprint density at radius 1 is 1.15 bits per heavy atom. The van der Waals surface area contributed by atoms with E-state index >= 15 is 0 Å². The largest absolute Gasteiger partial charge is 0.394 e. The molecule has 0 saturated carbocycles. The second kappa shape index (κ2) is 13.1. The predicted molar refractivity (Wildman–Crippen MR) is 82.4 cm³/mol. The van der Waals surface area contributed by atoms with Crippen molar-refractivity contribution >= 4 is 5.91 Å². The van der Waals surface area contributed by atoms with E-state index in [1.165, 1.54) is 25.7 Å². The van der Waals surface area contributed by atoms with Crippen molar-refractivity contribution in [1.29, 1.82) is 0 Å². The van der Waals surface area contributed by atoms with Crippen molar-refractivity contribution in [2.75, 3.05) is 6.61 Å². The Kier molecular flexibility index (Phi) is 12.6. The van der Waals surface area contributed by atoms with Gasteiger partial charge in [0.2, 0.25) is 5.91 Å². The molecule has 0 radical (unpaired) electrons. The van der Waals surface area contributed by atoms with Crippen LogP contribution in [0.5, 0.6) is 0 Å². The molecule has 3 N–H and O–H groups in total. The minimum atomic E-state index is -0.823. The molecular weight excluding hydrogens is 254 g/mol. The van der Waals surface area contributed by atoms with Gasteiger partial charge in [0.15, 0.2) is 0 Å². The number of carbonyl (C=O) groups is 1. The number of carbonyl (C=O) groups excluding carboxylic acids is 1. The van der Waals surface area contributed by atoms with Gasteiger partial charge in [-0.25, -0.2) is 0 Å². The molecule has 0 fully saturated rings. The normalized spacial score (nSPS) is 14.4. The molecule has 0 rings (SSSR count). The van der Waals surface area contributed by atoms with Crippen molar-refractivity contribution in [3.8, 4) is 0 Å². The number of rotatable bonds is 12. The average Bonchev–Trinajstić information content (AvgIpc) is 2.43. The Morgan fingerprint density at radius 3 is 2.45 bits per heavy atom. The SMILES string of the molecule is CCCCCCC/C=C/C(O)C(CO)NC(=O)CCC. The number of nitrogens with one attached hydrogen (secondary N) is 1. The first kappa shape index (κ1) is 19.1. The topological polar surface area (TPSA) is 69.6 Å². The molecule has 0 aromatic rings. The molecule has 1 amide bonds. The van der Waals surface area contributed by atoms with E-state index in [0.717, 1.165) is 19.3 Å². The summed E-state index contributed by atoms with van der Waals surface area (Å²) < 4.78 is 0. The minimum Gasteiger partial charge on any atom is -0.394 e. The molecule has 2 unspecified atom stereocenters. The molecule has 0 aliphatic heterocycles. The summed E-state index contributed by atoms with van der Waals surface area (Å²) in [4.78, 5) is 11.4. The van der Waals surface area contributed by atoms with E-state index in [2.05, 4.69) is 12.2 Å². The molecule has 0 spiro atoms. The van der Waals surface area contributed by atoms with Crippen LogP contribution in [-0.2, 0) is 4.79 Å². The molecule has 0 bridgehead atoms. The maximum Gasteiger partial charge on any atom is 0.220 e. The van der Waals surface area contributed by atoms with Gasteiger partial charge in [-0.1, -0.05) is 51.7 Å². The third kappa shape index (κ3) is 9.98. The first-order chi connectivity index (χ1) is 9.65. The van der Waals surface area contributed by atoms with Gasteiger partial charge >= 0.3 is 0 Å². The monoisotopic (exact) mass is 285 g/mol. The van der Waals surface area contributed by atoms with E-state index in [1.807, 2.05) is 13.0 Å². The number of hydrogen-bond donors (Lipinski definition) is 3. The van der Waals surface area contributed by atoms with E-state index in [1.54, 1.807) is 6.08 Å². The van der Waals surface area contributed by atoms with Gasteiger partial charge in [-0.2, -0.15) is 0 Å². The number of aliphatic hydroxyl groups is 2. The summed E-state index contributed by atoms with van der Waals surface area (Å²) >= 11 is 0. The highest BCUT2D eigenvalue weighted by Crippen LogP contribution is 2.06. The van der Waals surface area contributed by atoms with Crippen molar-refractivity contribution in [2.24, 2.45) is 0 Å². The van der Waals surface area contributed by atoms with Gasteiger partial charge < -0.3 is 15.5 Å². The van der Waals surface area contributed by atoms with Crippen molar-refractivity contribution < 1.29 is 15.0 Å². The number of aliphatic hydroxyl groups excluding tert-OH is 2. The van der Waals surface area contributed by atoms with E-state index in [4.69, 9.17) is 0 Å². The molecule has 0 aliphatic carbocycles. The van der Waals surface area contributed by atoms with Crippen LogP contribution >= 0.6 is 0 Å². The summed E-state index contributed by atoms with van der Waals surface area (Å²) in [6, 6.07) is -0.606. The zero-order chi connectivity index (χ0) is 15.2. The van der Waals surface area contributed by atoms with Crippen LogP contribution < -0.4 is 5.32 Å². The molecule has 4 heteroatoms. The summed E-state index contributed by atoms with van der Waals surface area (Å²) in [5.41, 5.74) is 0. The quantitative estimate of drug-likeness (QED) is 0.381. The van der Waals surface area contributed by atoms with Crippen molar-refractivity contribution in [1.82, 2.24) is 5.32 Å². The van der Waals surface area contributed by atoms with Crippen LogP contribution in [0.3, 0.4) is 0 Å². The fraction of sp³-hybridized carbons (Fsp3) is 0.812. The molecule has 2 atom stereocenters. The second-order valence-electron chi connectivity index (χ2n) is 5.23. The van der Waals surface area contributed by atoms with Gasteiger partial charge in [-0.3, -0.25) is 4.79 Å². The van der Waals surface area contributed by atoms with Gasteiger partial charge in [0.05, 0.1) is 18.8 Å². The molecule has 0 saturated heterocycles. The maximum atomic E-state index is 11.4. The maximum absolute atomic E-state index is 11.4. The third-order valence-corrected chi connectivity index (χ3v) is 3.24. The first-order valence-electron chi connectivity index (χ1n) is 7.90. The zero-order valence-electron chi connectivity index (χ0n) is 13.0. The molecule has 20 heavy (non-hydrogen) atoms. The summed E-state index contributed by atoms with van der Waals surface area (Å²) in [6.07, 6.45) is 11.0. The molecule has 4 nitrogen and oxygen atoms in total. The summed E-state index contributed by atoms with van der Waals surface area (Å²) in [5.74, 6) is -0.126. The highest BCUT2D eigenvalue weighted by atomic mass is 16.3. The lowest BCUT2D eigenvalue weighted by Gasteiger charge is -2.19. The van der Waals surface area contributed by atoms with Crippen molar-refractivity contribution in [3.63, 3.8) is 0 Å².